The third kappa shape index (κ3) is 4.03. The van der Waals surface area contributed by atoms with E-state index < -0.39 is 0 Å². The lowest BCUT2D eigenvalue weighted by atomic mass is 10.1. The van der Waals surface area contributed by atoms with Gasteiger partial charge in [0.25, 0.3) is 0 Å². The molecule has 1 aromatic carbocycles. The van der Waals surface area contributed by atoms with Crippen LogP contribution >= 0.6 is 0 Å². The van der Waals surface area contributed by atoms with Crippen molar-refractivity contribution in [2.75, 3.05) is 5.32 Å². The molecule has 116 valence electrons. The van der Waals surface area contributed by atoms with Gasteiger partial charge in [0.2, 0.25) is 5.91 Å². The molecule has 23 heavy (non-hydrogen) atoms. The van der Waals surface area contributed by atoms with Gasteiger partial charge in [0.1, 0.15) is 0 Å². The van der Waals surface area contributed by atoms with Crippen molar-refractivity contribution in [2.45, 2.75) is 19.9 Å². The van der Waals surface area contributed by atoms with Gasteiger partial charge in [-0.15, -0.1) is 0 Å². The standard InChI is InChI=1S/C18H18N4O/c1-14-7-8-15(12-19-14)11-18(23)21-17-6-3-2-5-16(17)13-22-10-4-9-20-22/h2-10,12H,11,13H2,1H3,(H,21,23). The maximum absolute atomic E-state index is 12.3. The zero-order valence-corrected chi connectivity index (χ0v) is 12.9. The number of nitrogens with zero attached hydrogens (tertiary/aromatic N) is 3. The zero-order valence-electron chi connectivity index (χ0n) is 12.9. The molecule has 0 aliphatic carbocycles. The summed E-state index contributed by atoms with van der Waals surface area (Å²) >= 11 is 0. The van der Waals surface area contributed by atoms with Gasteiger partial charge in [-0.25, -0.2) is 0 Å². The summed E-state index contributed by atoms with van der Waals surface area (Å²) in [6.07, 6.45) is 5.69. The number of hydrogen-bond acceptors (Lipinski definition) is 3. The predicted octanol–water partition coefficient (Wildman–Crippen LogP) is 2.82. The lowest BCUT2D eigenvalue weighted by molar-refractivity contribution is -0.115. The molecule has 5 nitrogen and oxygen atoms in total. The molecular weight excluding hydrogens is 288 g/mol. The van der Waals surface area contributed by atoms with Crippen LogP contribution in [0.25, 0.3) is 0 Å². The summed E-state index contributed by atoms with van der Waals surface area (Å²) in [7, 11) is 0. The number of pyridine rings is 1. The van der Waals surface area contributed by atoms with Crippen molar-refractivity contribution in [2.24, 2.45) is 0 Å². The van der Waals surface area contributed by atoms with E-state index in [9.17, 15) is 4.79 Å². The molecule has 1 amide bonds. The maximum Gasteiger partial charge on any atom is 0.228 e. The number of carbonyl (C=O) groups is 1. The van der Waals surface area contributed by atoms with Gasteiger partial charge in [-0.2, -0.15) is 5.10 Å². The Morgan fingerprint density at radius 2 is 2.04 bits per heavy atom. The highest BCUT2D eigenvalue weighted by Crippen LogP contribution is 2.16. The highest BCUT2D eigenvalue weighted by molar-refractivity contribution is 5.92. The molecule has 5 heteroatoms. The number of para-hydroxylation sites is 1. The van der Waals surface area contributed by atoms with Gasteiger partial charge in [-0.1, -0.05) is 24.3 Å². The molecule has 0 saturated heterocycles. The van der Waals surface area contributed by atoms with E-state index in [0.29, 0.717) is 13.0 Å². The van der Waals surface area contributed by atoms with Crippen molar-refractivity contribution in [3.63, 3.8) is 0 Å². The molecule has 1 N–H and O–H groups in total. The lowest BCUT2D eigenvalue weighted by Gasteiger charge is -2.11. The number of aryl methyl sites for hydroxylation is 1. The van der Waals surface area contributed by atoms with E-state index in [0.717, 1.165) is 22.5 Å². The maximum atomic E-state index is 12.3. The Morgan fingerprint density at radius 1 is 1.17 bits per heavy atom. The molecule has 0 radical (unpaired) electrons. The first-order chi connectivity index (χ1) is 11.2. The molecule has 0 spiro atoms. The van der Waals surface area contributed by atoms with Crippen LogP contribution in [0.4, 0.5) is 5.69 Å². The van der Waals surface area contributed by atoms with E-state index in [4.69, 9.17) is 0 Å². The predicted molar refractivity (Wildman–Crippen MR) is 89.1 cm³/mol. The van der Waals surface area contributed by atoms with Crippen LogP contribution in [0.5, 0.6) is 0 Å². The lowest BCUT2D eigenvalue weighted by Crippen LogP contribution is -2.16. The summed E-state index contributed by atoms with van der Waals surface area (Å²) in [6.45, 7) is 2.55. The summed E-state index contributed by atoms with van der Waals surface area (Å²) in [5.74, 6) is -0.0523. The van der Waals surface area contributed by atoms with Crippen molar-refractivity contribution in [1.82, 2.24) is 14.8 Å². The van der Waals surface area contributed by atoms with Crippen LogP contribution in [-0.2, 0) is 17.8 Å². The SMILES string of the molecule is Cc1ccc(CC(=O)Nc2ccccc2Cn2cccn2)cn1. The van der Waals surface area contributed by atoms with Crippen LogP contribution in [0.2, 0.25) is 0 Å². The van der Waals surface area contributed by atoms with Crippen LogP contribution in [-0.4, -0.2) is 20.7 Å². The third-order valence-corrected chi connectivity index (χ3v) is 3.52. The fourth-order valence-electron chi connectivity index (χ4n) is 2.33. The van der Waals surface area contributed by atoms with Gasteiger partial charge >= 0.3 is 0 Å². The second-order valence-corrected chi connectivity index (χ2v) is 5.39. The molecule has 3 aromatic rings. The Hall–Kier alpha value is -2.95. The quantitative estimate of drug-likeness (QED) is 0.788. The Bertz CT molecular complexity index is 779. The van der Waals surface area contributed by atoms with Gasteiger partial charge < -0.3 is 5.32 Å². The molecule has 0 aliphatic heterocycles. The molecule has 2 heterocycles. The van der Waals surface area contributed by atoms with Crippen molar-refractivity contribution >= 4 is 11.6 Å². The van der Waals surface area contributed by atoms with Crippen molar-refractivity contribution in [3.8, 4) is 0 Å². The molecule has 0 fully saturated rings. The first-order valence-corrected chi connectivity index (χ1v) is 7.47. The van der Waals surface area contributed by atoms with E-state index in [1.54, 1.807) is 12.4 Å². The largest absolute Gasteiger partial charge is 0.325 e. The first kappa shape index (κ1) is 15.0. The fourth-order valence-corrected chi connectivity index (χ4v) is 2.33. The molecular formula is C18H18N4O. The van der Waals surface area contributed by atoms with Crippen LogP contribution in [0.1, 0.15) is 16.8 Å². The Morgan fingerprint density at radius 3 is 2.78 bits per heavy atom. The van der Waals surface area contributed by atoms with Gasteiger partial charge in [-0.3, -0.25) is 14.5 Å². The minimum absolute atomic E-state index is 0.0523. The van der Waals surface area contributed by atoms with Gasteiger partial charge in [0, 0.05) is 30.0 Å². The number of benzene rings is 1. The second kappa shape index (κ2) is 6.87. The number of anilines is 1. The highest BCUT2D eigenvalue weighted by atomic mass is 16.1. The smallest absolute Gasteiger partial charge is 0.228 e. The van der Waals surface area contributed by atoms with Crippen molar-refractivity contribution < 1.29 is 4.79 Å². The summed E-state index contributed by atoms with van der Waals surface area (Å²) in [6, 6.07) is 13.5. The Labute approximate surface area is 135 Å². The van der Waals surface area contributed by atoms with Crippen LogP contribution < -0.4 is 5.32 Å². The summed E-state index contributed by atoms with van der Waals surface area (Å²) < 4.78 is 1.83. The number of amides is 1. The minimum Gasteiger partial charge on any atom is -0.325 e. The third-order valence-electron chi connectivity index (χ3n) is 3.52. The molecule has 3 rings (SSSR count). The summed E-state index contributed by atoms with van der Waals surface area (Å²) in [5.41, 5.74) is 3.68. The average Bonchev–Trinajstić information content (AvgIpc) is 3.05. The van der Waals surface area contributed by atoms with Gasteiger partial charge in [0.15, 0.2) is 0 Å². The Balaban J connectivity index is 1.69. The molecule has 0 aliphatic rings. The molecule has 0 unspecified atom stereocenters. The van der Waals surface area contributed by atoms with E-state index in [1.165, 1.54) is 0 Å². The number of carbonyl (C=O) groups excluding carboxylic acids is 1. The van der Waals surface area contributed by atoms with Crippen molar-refractivity contribution in [1.29, 1.82) is 0 Å². The topological polar surface area (TPSA) is 59.8 Å². The normalized spacial score (nSPS) is 10.5. The number of hydrogen-bond donors (Lipinski definition) is 1. The van der Waals surface area contributed by atoms with Gasteiger partial charge in [-0.05, 0) is 36.2 Å². The van der Waals surface area contributed by atoms with Crippen molar-refractivity contribution in [3.05, 3.63) is 77.9 Å². The van der Waals surface area contributed by atoms with Crippen LogP contribution in [0, 0.1) is 6.92 Å². The zero-order chi connectivity index (χ0) is 16.1. The number of nitrogens with one attached hydrogen (secondary N) is 1. The Kier molecular flexibility index (Phi) is 4.47. The molecule has 0 saturated carbocycles. The van der Waals surface area contributed by atoms with E-state index in [2.05, 4.69) is 15.4 Å². The first-order valence-electron chi connectivity index (χ1n) is 7.47. The highest BCUT2D eigenvalue weighted by Gasteiger charge is 2.08. The second-order valence-electron chi connectivity index (χ2n) is 5.39. The monoisotopic (exact) mass is 306 g/mol. The van der Waals surface area contributed by atoms with Gasteiger partial charge in [0.05, 0.1) is 13.0 Å². The fraction of sp³-hybridized carbons (Fsp3) is 0.167. The molecule has 2 aromatic heterocycles. The number of aromatic nitrogens is 3. The number of rotatable bonds is 5. The van der Waals surface area contributed by atoms with E-state index in [1.807, 2.05) is 60.3 Å². The van der Waals surface area contributed by atoms with E-state index in [-0.39, 0.29) is 5.91 Å². The average molecular weight is 306 g/mol. The molecule has 0 atom stereocenters. The van der Waals surface area contributed by atoms with E-state index >= 15 is 0 Å². The minimum atomic E-state index is -0.0523. The summed E-state index contributed by atoms with van der Waals surface area (Å²) in [4.78, 5) is 16.5. The van der Waals surface area contributed by atoms with Crippen LogP contribution in [0.15, 0.2) is 61.1 Å². The molecule has 0 bridgehead atoms. The van der Waals surface area contributed by atoms with Crippen LogP contribution in [0.3, 0.4) is 0 Å². The summed E-state index contributed by atoms with van der Waals surface area (Å²) in [5, 5.41) is 7.18.